The first kappa shape index (κ1) is 16.1. The molecule has 0 amide bonds. The highest BCUT2D eigenvalue weighted by Crippen LogP contribution is 2.63. The van der Waals surface area contributed by atoms with E-state index < -0.39 is 0 Å². The molecule has 0 aromatic rings. The first-order valence-electron chi connectivity index (χ1n) is 7.18. The van der Waals surface area contributed by atoms with Crippen LogP contribution in [0.15, 0.2) is 18.2 Å². The van der Waals surface area contributed by atoms with Gasteiger partial charge in [-0.3, -0.25) is 0 Å². The minimum atomic E-state index is 0. The van der Waals surface area contributed by atoms with Gasteiger partial charge in [-0.2, -0.15) is 0 Å². The van der Waals surface area contributed by atoms with E-state index in [9.17, 15) is 0 Å². The Balaban J connectivity index is 0.00000180. The molecule has 19 heavy (non-hydrogen) atoms. The van der Waals surface area contributed by atoms with Gasteiger partial charge in [0.15, 0.2) is 0 Å². The van der Waals surface area contributed by atoms with Crippen LogP contribution in [-0.2, 0) is 0 Å². The molecule has 0 aliphatic heterocycles. The Morgan fingerprint density at radius 2 is 2.05 bits per heavy atom. The Kier molecular flexibility index (Phi) is 4.72. The Morgan fingerprint density at radius 3 is 2.58 bits per heavy atom. The largest absolute Gasteiger partial charge is 0.120 e. The Labute approximate surface area is 120 Å². The molecule has 2 rings (SSSR count). The Hall–Kier alpha value is -0.960. The third-order valence-electron chi connectivity index (χ3n) is 5.80. The zero-order chi connectivity index (χ0) is 13.4. The molecule has 0 saturated heterocycles. The van der Waals surface area contributed by atoms with Crippen molar-refractivity contribution in [1.82, 2.24) is 0 Å². The highest BCUT2D eigenvalue weighted by Gasteiger charge is 2.55. The summed E-state index contributed by atoms with van der Waals surface area (Å²) in [6, 6.07) is 0. The van der Waals surface area contributed by atoms with E-state index >= 15 is 0 Å². The van der Waals surface area contributed by atoms with Gasteiger partial charge < -0.3 is 0 Å². The van der Waals surface area contributed by atoms with Crippen LogP contribution in [0.1, 0.15) is 59.8 Å². The van der Waals surface area contributed by atoms with Crippen LogP contribution >= 0.6 is 0 Å². The maximum Gasteiger partial charge on any atom is 0.0296 e. The van der Waals surface area contributed by atoms with Crippen molar-refractivity contribution in [3.05, 3.63) is 24.8 Å². The van der Waals surface area contributed by atoms with Crippen molar-refractivity contribution >= 4 is 0 Å². The first-order chi connectivity index (χ1) is 8.49. The van der Waals surface area contributed by atoms with E-state index in [0.29, 0.717) is 17.3 Å². The van der Waals surface area contributed by atoms with Gasteiger partial charge in [0.05, 0.1) is 0 Å². The molecule has 0 heteroatoms. The second-order valence-corrected chi connectivity index (χ2v) is 6.60. The fourth-order valence-electron chi connectivity index (χ4n) is 4.45. The highest BCUT2D eigenvalue weighted by atomic mass is 14.6. The van der Waals surface area contributed by atoms with Crippen molar-refractivity contribution in [2.24, 2.45) is 22.7 Å². The predicted octanol–water partition coefficient (Wildman–Crippen LogP) is 5.41. The van der Waals surface area contributed by atoms with Crippen molar-refractivity contribution in [1.29, 1.82) is 0 Å². The van der Waals surface area contributed by atoms with Crippen LogP contribution in [0.25, 0.3) is 0 Å². The zero-order valence-corrected chi connectivity index (χ0v) is 11.8. The SMILES string of the molecule is C.[CH]=C(C)[C@@H]1CC[C@@]2(C)CCC[C@@H](C#C)[C@@]2(C=C)C1. The second-order valence-electron chi connectivity index (χ2n) is 6.60. The van der Waals surface area contributed by atoms with Gasteiger partial charge in [-0.05, 0) is 50.4 Å². The van der Waals surface area contributed by atoms with Crippen molar-refractivity contribution in [2.45, 2.75) is 59.8 Å². The zero-order valence-electron chi connectivity index (χ0n) is 11.8. The average Bonchev–Trinajstić information content (AvgIpc) is 2.36. The average molecular weight is 257 g/mol. The van der Waals surface area contributed by atoms with Gasteiger partial charge in [0.25, 0.3) is 0 Å². The summed E-state index contributed by atoms with van der Waals surface area (Å²) in [5.74, 6) is 3.92. The third-order valence-corrected chi connectivity index (χ3v) is 5.80. The molecular formula is C19H29. The minimum Gasteiger partial charge on any atom is -0.120 e. The summed E-state index contributed by atoms with van der Waals surface area (Å²) in [6.07, 6.45) is 15.2. The summed E-state index contributed by atoms with van der Waals surface area (Å²) in [5, 5.41) is 0. The summed E-state index contributed by atoms with van der Waals surface area (Å²) in [4.78, 5) is 0. The molecule has 0 aromatic heterocycles. The monoisotopic (exact) mass is 257 g/mol. The lowest BCUT2D eigenvalue weighted by atomic mass is 9.45. The lowest BCUT2D eigenvalue weighted by Crippen LogP contribution is -2.50. The quantitative estimate of drug-likeness (QED) is 0.458. The number of rotatable bonds is 2. The fourth-order valence-corrected chi connectivity index (χ4v) is 4.45. The van der Waals surface area contributed by atoms with E-state index in [4.69, 9.17) is 13.0 Å². The van der Waals surface area contributed by atoms with Crippen molar-refractivity contribution < 1.29 is 0 Å². The van der Waals surface area contributed by atoms with Crippen molar-refractivity contribution in [2.75, 3.05) is 0 Å². The maximum atomic E-state index is 6.06. The van der Waals surface area contributed by atoms with Gasteiger partial charge in [0.2, 0.25) is 0 Å². The maximum absolute atomic E-state index is 6.06. The summed E-state index contributed by atoms with van der Waals surface area (Å²) in [6.45, 7) is 14.7. The number of hydrogen-bond acceptors (Lipinski definition) is 0. The molecule has 105 valence electrons. The van der Waals surface area contributed by atoms with Gasteiger partial charge in [0, 0.05) is 11.3 Å². The van der Waals surface area contributed by atoms with Crippen LogP contribution in [0, 0.1) is 41.6 Å². The molecule has 2 saturated carbocycles. The van der Waals surface area contributed by atoms with E-state index in [2.05, 4.69) is 32.4 Å². The topological polar surface area (TPSA) is 0 Å². The summed E-state index contributed by atoms with van der Waals surface area (Å²) >= 11 is 0. The van der Waals surface area contributed by atoms with Gasteiger partial charge in [-0.15, -0.1) is 18.9 Å². The third kappa shape index (κ3) is 2.29. The summed E-state index contributed by atoms with van der Waals surface area (Å²) in [5.41, 5.74) is 1.50. The second kappa shape index (κ2) is 5.58. The van der Waals surface area contributed by atoms with E-state index in [0.717, 1.165) is 18.4 Å². The molecule has 2 aliphatic carbocycles. The summed E-state index contributed by atoms with van der Waals surface area (Å²) in [7, 11) is 0. The van der Waals surface area contributed by atoms with Crippen LogP contribution in [0.3, 0.4) is 0 Å². The molecule has 2 aliphatic rings. The van der Waals surface area contributed by atoms with E-state index in [1.807, 2.05) is 0 Å². The predicted molar refractivity (Wildman–Crippen MR) is 84.5 cm³/mol. The van der Waals surface area contributed by atoms with Crippen LogP contribution < -0.4 is 0 Å². The molecule has 0 unspecified atom stereocenters. The fraction of sp³-hybridized carbons (Fsp3) is 0.684. The lowest BCUT2D eigenvalue weighted by Gasteiger charge is -2.58. The highest BCUT2D eigenvalue weighted by molar-refractivity contribution is 5.21. The van der Waals surface area contributed by atoms with E-state index in [1.54, 1.807) is 0 Å². The molecule has 0 bridgehead atoms. The molecule has 0 spiro atoms. The van der Waals surface area contributed by atoms with Crippen molar-refractivity contribution in [3.63, 3.8) is 0 Å². The normalized spacial score (nSPS) is 41.3. The molecule has 0 N–H and O–H groups in total. The van der Waals surface area contributed by atoms with E-state index in [-0.39, 0.29) is 12.8 Å². The smallest absolute Gasteiger partial charge is 0.0296 e. The Bertz CT molecular complexity index is 397. The van der Waals surface area contributed by atoms with Gasteiger partial charge in [-0.25, -0.2) is 0 Å². The molecule has 1 radical (unpaired) electrons. The van der Waals surface area contributed by atoms with Crippen LogP contribution in [0.4, 0.5) is 0 Å². The molecule has 0 nitrogen and oxygen atoms in total. The minimum absolute atomic E-state index is 0. The number of terminal acetylenes is 1. The van der Waals surface area contributed by atoms with Gasteiger partial charge >= 0.3 is 0 Å². The Morgan fingerprint density at radius 1 is 1.37 bits per heavy atom. The van der Waals surface area contributed by atoms with Gasteiger partial charge in [0.1, 0.15) is 0 Å². The molecule has 2 fully saturated rings. The first-order valence-corrected chi connectivity index (χ1v) is 7.18. The number of allylic oxidation sites excluding steroid dienone is 2. The number of fused-ring (bicyclic) bond motifs is 1. The molecule has 0 heterocycles. The van der Waals surface area contributed by atoms with E-state index in [1.165, 1.54) is 25.7 Å². The molecule has 0 aromatic carbocycles. The van der Waals surface area contributed by atoms with Crippen LogP contribution in [0.2, 0.25) is 0 Å². The standard InChI is InChI=1S/C18H25.CH4/c1-6-16-9-8-11-17(5)12-10-15(14(3)4)13-18(16,17)7-2;/h1,3,7,15-16H,2,8-13H2,4-5H3;1H4/t15-,16-,17-,18-;/m1./s1. The summed E-state index contributed by atoms with van der Waals surface area (Å²) < 4.78 is 0. The van der Waals surface area contributed by atoms with Crippen LogP contribution in [0.5, 0.6) is 0 Å². The molecular weight excluding hydrogens is 228 g/mol. The van der Waals surface area contributed by atoms with Crippen molar-refractivity contribution in [3.8, 4) is 12.3 Å². The number of hydrogen-bond donors (Lipinski definition) is 0. The van der Waals surface area contributed by atoms with Crippen LogP contribution in [-0.4, -0.2) is 0 Å². The van der Waals surface area contributed by atoms with Gasteiger partial charge in [-0.1, -0.05) is 39.0 Å². The lowest BCUT2D eigenvalue weighted by molar-refractivity contribution is -0.0438. The molecule has 4 atom stereocenters.